The van der Waals surface area contributed by atoms with Crippen molar-refractivity contribution in [3.05, 3.63) is 16.1 Å². The van der Waals surface area contributed by atoms with E-state index in [9.17, 15) is 18.0 Å². The van der Waals surface area contributed by atoms with E-state index in [1.165, 1.54) is 4.90 Å². The normalized spacial score (nSPS) is 12.2. The fraction of sp³-hybridized carbons (Fsp3) is 0.615. The van der Waals surface area contributed by atoms with Gasteiger partial charge in [-0.3, -0.25) is 4.79 Å². The minimum absolute atomic E-state index is 0.0483. The minimum Gasteiger partial charge on any atom is -0.356 e. The molecule has 1 aromatic heterocycles. The van der Waals surface area contributed by atoms with Gasteiger partial charge in [0.25, 0.3) is 0 Å². The van der Waals surface area contributed by atoms with Crippen LogP contribution in [0.5, 0.6) is 0 Å². The molecular weight excluding hydrogens is 363 g/mol. The molecule has 0 atom stereocenters. The fourth-order valence-corrected chi connectivity index (χ4v) is 2.46. The number of rotatable bonds is 7. The van der Waals surface area contributed by atoms with Crippen molar-refractivity contribution in [1.29, 1.82) is 0 Å². The number of aliphatic imine (C=N–C) groups is 1. The molecule has 0 saturated heterocycles. The van der Waals surface area contributed by atoms with Gasteiger partial charge in [-0.15, -0.1) is 11.3 Å². The second-order valence-corrected chi connectivity index (χ2v) is 6.78. The molecule has 2 N–H and O–H groups in total. The molecule has 136 valence electrons. The maximum Gasteiger partial charge on any atom is 0.434 e. The number of amides is 1. The predicted octanol–water partition coefficient (Wildman–Crippen LogP) is 1.65. The molecule has 0 aliphatic rings. The zero-order chi connectivity index (χ0) is 18.2. The summed E-state index contributed by atoms with van der Waals surface area (Å²) in [5.41, 5.74) is -0.902. The van der Waals surface area contributed by atoms with Crippen molar-refractivity contribution in [2.24, 2.45) is 4.99 Å². The molecule has 1 amide bonds. The second kappa shape index (κ2) is 9.72. The second-order valence-electron chi connectivity index (χ2n) is 4.85. The summed E-state index contributed by atoms with van der Waals surface area (Å²) in [4.78, 5) is 20.7. The van der Waals surface area contributed by atoms with E-state index in [-0.39, 0.29) is 19.0 Å². The summed E-state index contributed by atoms with van der Waals surface area (Å²) in [6, 6.07) is 0. The van der Waals surface area contributed by atoms with Crippen molar-refractivity contribution >= 4 is 35.0 Å². The Hall–Kier alpha value is -1.49. The van der Waals surface area contributed by atoms with Gasteiger partial charge in [-0.2, -0.15) is 24.9 Å². The van der Waals surface area contributed by atoms with Crippen molar-refractivity contribution in [3.8, 4) is 0 Å². The first-order valence-electron chi connectivity index (χ1n) is 6.97. The Morgan fingerprint density at radius 2 is 2.12 bits per heavy atom. The van der Waals surface area contributed by atoms with Gasteiger partial charge in [0.15, 0.2) is 11.7 Å². The van der Waals surface area contributed by atoms with E-state index in [4.69, 9.17) is 0 Å². The number of nitrogens with one attached hydrogen (secondary N) is 2. The highest BCUT2D eigenvalue weighted by Crippen LogP contribution is 2.29. The Kier molecular flexibility index (Phi) is 8.32. The standard InChI is InChI=1S/C13H20F3N5OS2/c1-21(2)11(22)7-19-12(17-4-5-23-3)18-6-10-20-9(8-24-10)13(14,15)16/h8H,4-7H2,1-3H3,(H2,17,18,19). The monoisotopic (exact) mass is 383 g/mol. The average Bonchev–Trinajstić information content (AvgIpc) is 2.98. The molecule has 0 spiro atoms. The van der Waals surface area contributed by atoms with Crippen LogP contribution in [-0.2, 0) is 17.5 Å². The maximum absolute atomic E-state index is 12.5. The lowest BCUT2D eigenvalue weighted by molar-refractivity contribution is -0.140. The first-order chi connectivity index (χ1) is 11.2. The van der Waals surface area contributed by atoms with Crippen molar-refractivity contribution < 1.29 is 18.0 Å². The maximum atomic E-state index is 12.5. The molecule has 0 aliphatic heterocycles. The Bertz CT molecular complexity index is 560. The largest absolute Gasteiger partial charge is 0.434 e. The number of hydrogen-bond donors (Lipinski definition) is 2. The van der Waals surface area contributed by atoms with Crippen LogP contribution in [0.2, 0.25) is 0 Å². The summed E-state index contributed by atoms with van der Waals surface area (Å²) in [6.45, 7) is 0.671. The summed E-state index contributed by atoms with van der Waals surface area (Å²) in [6.07, 6.45) is -2.49. The number of alkyl halides is 3. The number of carbonyl (C=O) groups is 1. The number of aromatic nitrogens is 1. The number of thiazole rings is 1. The fourth-order valence-electron chi connectivity index (χ4n) is 1.42. The van der Waals surface area contributed by atoms with Gasteiger partial charge in [0.05, 0.1) is 6.54 Å². The molecular formula is C13H20F3N5OS2. The Morgan fingerprint density at radius 3 is 2.67 bits per heavy atom. The quantitative estimate of drug-likeness (QED) is 0.426. The number of halogens is 3. The number of guanidine groups is 1. The van der Waals surface area contributed by atoms with Crippen LogP contribution >= 0.6 is 23.1 Å². The third-order valence-corrected chi connectivity index (χ3v) is 4.18. The molecule has 0 aliphatic carbocycles. The number of nitrogens with zero attached hydrogens (tertiary/aromatic N) is 3. The van der Waals surface area contributed by atoms with Crippen molar-refractivity contribution in [3.63, 3.8) is 0 Å². The summed E-state index contributed by atoms with van der Waals surface area (Å²) in [5.74, 6) is 1.02. The van der Waals surface area contributed by atoms with E-state index in [1.807, 2.05) is 6.26 Å². The van der Waals surface area contributed by atoms with Gasteiger partial charge in [0.2, 0.25) is 5.91 Å². The highest BCUT2D eigenvalue weighted by Gasteiger charge is 2.33. The summed E-state index contributed by atoms with van der Waals surface area (Å²) in [7, 11) is 3.25. The highest BCUT2D eigenvalue weighted by molar-refractivity contribution is 7.98. The van der Waals surface area contributed by atoms with Crippen molar-refractivity contribution in [2.45, 2.75) is 12.7 Å². The summed E-state index contributed by atoms with van der Waals surface area (Å²) in [5, 5.41) is 7.19. The van der Waals surface area contributed by atoms with E-state index in [1.54, 1.807) is 25.9 Å². The molecule has 1 rings (SSSR count). The van der Waals surface area contributed by atoms with E-state index >= 15 is 0 Å². The Morgan fingerprint density at radius 1 is 1.42 bits per heavy atom. The molecule has 6 nitrogen and oxygen atoms in total. The summed E-state index contributed by atoms with van der Waals surface area (Å²) >= 11 is 2.56. The molecule has 0 fully saturated rings. The predicted molar refractivity (Wildman–Crippen MR) is 91.3 cm³/mol. The third-order valence-electron chi connectivity index (χ3n) is 2.72. The SMILES string of the molecule is CSCCNC(=NCC(=O)N(C)C)NCc1nc(C(F)(F)F)cs1. The topological polar surface area (TPSA) is 69.6 Å². The van der Waals surface area contributed by atoms with E-state index in [2.05, 4.69) is 20.6 Å². The lowest BCUT2D eigenvalue weighted by Crippen LogP contribution is -2.39. The first kappa shape index (κ1) is 20.6. The number of thioether (sulfide) groups is 1. The molecule has 0 aromatic carbocycles. The first-order valence-corrected chi connectivity index (χ1v) is 9.24. The van der Waals surface area contributed by atoms with Crippen LogP contribution in [0.25, 0.3) is 0 Å². The number of likely N-dealkylation sites (N-methyl/N-ethyl adjacent to an activating group) is 1. The molecule has 0 radical (unpaired) electrons. The van der Waals surface area contributed by atoms with E-state index < -0.39 is 11.9 Å². The third kappa shape index (κ3) is 7.39. The zero-order valence-electron chi connectivity index (χ0n) is 13.6. The van der Waals surface area contributed by atoms with Crippen LogP contribution in [0.4, 0.5) is 13.2 Å². The van der Waals surface area contributed by atoms with Crippen LogP contribution in [0.3, 0.4) is 0 Å². The van der Waals surface area contributed by atoms with Crippen LogP contribution < -0.4 is 10.6 Å². The molecule has 11 heteroatoms. The lowest BCUT2D eigenvalue weighted by Gasteiger charge is -2.12. The smallest absolute Gasteiger partial charge is 0.356 e. The van der Waals surface area contributed by atoms with Crippen molar-refractivity contribution in [2.75, 3.05) is 39.2 Å². The van der Waals surface area contributed by atoms with Crippen molar-refractivity contribution in [1.82, 2.24) is 20.5 Å². The zero-order valence-corrected chi connectivity index (χ0v) is 15.2. The molecule has 1 aromatic rings. The van der Waals surface area contributed by atoms with E-state index in [0.717, 1.165) is 22.5 Å². The lowest BCUT2D eigenvalue weighted by atomic mass is 10.5. The van der Waals surface area contributed by atoms with Gasteiger partial charge >= 0.3 is 6.18 Å². The van der Waals surface area contributed by atoms with Crippen LogP contribution in [-0.4, -0.2) is 60.9 Å². The molecule has 1 heterocycles. The van der Waals surface area contributed by atoms with Gasteiger partial charge in [-0.05, 0) is 6.26 Å². The molecule has 0 bridgehead atoms. The average molecular weight is 383 g/mol. The van der Waals surface area contributed by atoms with Crippen LogP contribution in [0.1, 0.15) is 10.7 Å². The van der Waals surface area contributed by atoms with Gasteiger partial charge in [0, 0.05) is 31.8 Å². The Labute approximate surface area is 146 Å². The molecule has 0 unspecified atom stereocenters. The van der Waals surface area contributed by atoms with Gasteiger partial charge in [-0.1, -0.05) is 0 Å². The molecule has 0 saturated carbocycles. The van der Waals surface area contributed by atoms with Gasteiger partial charge < -0.3 is 15.5 Å². The minimum atomic E-state index is -4.44. The van der Waals surface area contributed by atoms with E-state index in [0.29, 0.717) is 17.5 Å². The van der Waals surface area contributed by atoms with Crippen LogP contribution in [0, 0.1) is 0 Å². The number of hydrogen-bond acceptors (Lipinski definition) is 5. The number of carbonyl (C=O) groups excluding carboxylic acids is 1. The van der Waals surface area contributed by atoms with Gasteiger partial charge in [0.1, 0.15) is 11.6 Å². The van der Waals surface area contributed by atoms with Gasteiger partial charge in [-0.25, -0.2) is 9.98 Å². The molecule has 24 heavy (non-hydrogen) atoms. The van der Waals surface area contributed by atoms with Crippen LogP contribution in [0.15, 0.2) is 10.4 Å². The Balaban J connectivity index is 2.65. The highest BCUT2D eigenvalue weighted by atomic mass is 32.2. The summed E-state index contributed by atoms with van der Waals surface area (Å²) < 4.78 is 37.6.